The molecule has 2 aliphatic heterocycles. The largest absolute Gasteiger partial charge is 0.477 e. The summed E-state index contributed by atoms with van der Waals surface area (Å²) in [5.41, 5.74) is 7.00. The molecule has 6 nitrogen and oxygen atoms in total. The summed E-state index contributed by atoms with van der Waals surface area (Å²) in [6, 6.07) is 3.14. The third-order valence-corrected chi connectivity index (χ3v) is 4.77. The molecule has 104 valence electrons. The molecule has 2 aliphatic rings. The Morgan fingerprint density at radius 1 is 1.60 bits per heavy atom. The molecule has 1 amide bonds. The number of pyridine rings is 1. The van der Waals surface area contributed by atoms with Crippen molar-refractivity contribution in [3.8, 4) is 0 Å². The van der Waals surface area contributed by atoms with E-state index < -0.39 is 17.9 Å². The average molecular weight is 291 g/mol. The van der Waals surface area contributed by atoms with Gasteiger partial charge in [0.05, 0.1) is 11.3 Å². The van der Waals surface area contributed by atoms with E-state index in [4.69, 9.17) is 10.8 Å². The molecule has 3 heterocycles. The molecular weight excluding hydrogens is 278 g/mol. The highest BCUT2D eigenvalue weighted by molar-refractivity contribution is 8.00. The van der Waals surface area contributed by atoms with Gasteiger partial charge in [-0.3, -0.25) is 14.7 Å². The lowest BCUT2D eigenvalue weighted by Crippen LogP contribution is -2.63. The number of fused-ring (bicyclic) bond motifs is 1. The van der Waals surface area contributed by atoms with Crippen LogP contribution in [0.2, 0.25) is 0 Å². The minimum atomic E-state index is -1.07. The minimum absolute atomic E-state index is 0.0633. The molecule has 0 saturated carbocycles. The molecule has 3 rings (SSSR count). The van der Waals surface area contributed by atoms with Crippen LogP contribution in [0.3, 0.4) is 0 Å². The van der Waals surface area contributed by atoms with Gasteiger partial charge in [0.2, 0.25) is 5.91 Å². The standard InChI is InChI=1S/C13H13N3O3S/c14-10(7-2-1-4-15-6-7)9-11(17)16-8(13(18)19)3-5-20-12(9)16/h1-4,6,9-10,12H,5,14H2,(H,18,19)/t9?,10?,12-/m0/s1. The average Bonchev–Trinajstić information content (AvgIpc) is 2.46. The van der Waals surface area contributed by atoms with E-state index in [0.29, 0.717) is 5.75 Å². The van der Waals surface area contributed by atoms with Gasteiger partial charge in [-0.1, -0.05) is 6.07 Å². The van der Waals surface area contributed by atoms with E-state index >= 15 is 0 Å². The van der Waals surface area contributed by atoms with E-state index in [9.17, 15) is 9.59 Å². The molecule has 0 bridgehead atoms. The van der Waals surface area contributed by atoms with Crippen LogP contribution in [0.5, 0.6) is 0 Å². The number of nitrogens with zero attached hydrogens (tertiary/aromatic N) is 2. The second-order valence-corrected chi connectivity index (χ2v) is 5.81. The van der Waals surface area contributed by atoms with E-state index in [1.165, 1.54) is 16.7 Å². The first-order valence-corrected chi connectivity index (χ1v) is 7.20. The summed E-state index contributed by atoms with van der Waals surface area (Å²) in [4.78, 5) is 28.7. The van der Waals surface area contributed by atoms with Crippen molar-refractivity contribution in [2.75, 3.05) is 5.75 Å². The molecule has 1 aromatic heterocycles. The zero-order valence-corrected chi connectivity index (χ0v) is 11.3. The van der Waals surface area contributed by atoms with Gasteiger partial charge in [0.1, 0.15) is 5.70 Å². The zero-order valence-electron chi connectivity index (χ0n) is 10.5. The number of aliphatic carboxylic acids is 1. The van der Waals surface area contributed by atoms with E-state index in [1.807, 2.05) is 6.07 Å². The number of amides is 1. The van der Waals surface area contributed by atoms with Crippen molar-refractivity contribution in [1.29, 1.82) is 0 Å². The SMILES string of the molecule is NC(c1cccnc1)C1C(=O)N2C(C(=O)O)=CCS[C@@H]12. The molecule has 0 aromatic carbocycles. The minimum Gasteiger partial charge on any atom is -0.477 e. The fraction of sp³-hybridized carbons (Fsp3) is 0.308. The number of β-lactam (4-membered cyclic amide) rings is 1. The number of nitrogens with two attached hydrogens (primary N) is 1. The molecule has 7 heteroatoms. The quantitative estimate of drug-likeness (QED) is 0.791. The van der Waals surface area contributed by atoms with Crippen LogP contribution in [0, 0.1) is 5.92 Å². The van der Waals surface area contributed by atoms with E-state index in [0.717, 1.165) is 5.56 Å². The number of hydrogen-bond donors (Lipinski definition) is 2. The van der Waals surface area contributed by atoms with Gasteiger partial charge in [0.25, 0.3) is 0 Å². The summed E-state index contributed by atoms with van der Waals surface area (Å²) in [7, 11) is 0. The number of carbonyl (C=O) groups is 2. The molecule has 1 aromatic rings. The highest BCUT2D eigenvalue weighted by atomic mass is 32.2. The molecule has 2 unspecified atom stereocenters. The van der Waals surface area contributed by atoms with Crippen molar-refractivity contribution in [3.63, 3.8) is 0 Å². The van der Waals surface area contributed by atoms with Crippen molar-refractivity contribution in [2.45, 2.75) is 11.4 Å². The summed E-state index contributed by atoms with van der Waals surface area (Å²) in [6.07, 6.45) is 4.85. The van der Waals surface area contributed by atoms with Gasteiger partial charge in [-0.25, -0.2) is 4.79 Å². The summed E-state index contributed by atoms with van der Waals surface area (Å²) in [6.45, 7) is 0. The van der Waals surface area contributed by atoms with Gasteiger partial charge in [-0.2, -0.15) is 0 Å². The van der Waals surface area contributed by atoms with Crippen LogP contribution < -0.4 is 5.73 Å². The Balaban J connectivity index is 1.84. The molecule has 20 heavy (non-hydrogen) atoms. The molecule has 3 N–H and O–H groups in total. The van der Waals surface area contributed by atoms with Gasteiger partial charge < -0.3 is 10.8 Å². The maximum atomic E-state index is 12.2. The maximum absolute atomic E-state index is 12.2. The number of thioether (sulfide) groups is 1. The van der Waals surface area contributed by atoms with Crippen molar-refractivity contribution in [2.24, 2.45) is 11.7 Å². The van der Waals surface area contributed by atoms with Gasteiger partial charge >= 0.3 is 5.97 Å². The van der Waals surface area contributed by atoms with E-state index in [1.54, 1.807) is 24.5 Å². The van der Waals surface area contributed by atoms with Crippen LogP contribution in [-0.2, 0) is 9.59 Å². The molecule has 1 saturated heterocycles. The first kappa shape index (κ1) is 13.1. The number of carbonyl (C=O) groups excluding carboxylic acids is 1. The Morgan fingerprint density at radius 2 is 2.40 bits per heavy atom. The topological polar surface area (TPSA) is 96.5 Å². The lowest BCUT2D eigenvalue weighted by molar-refractivity contribution is -0.153. The predicted molar refractivity (Wildman–Crippen MR) is 73.5 cm³/mol. The van der Waals surface area contributed by atoms with Crippen molar-refractivity contribution in [3.05, 3.63) is 41.9 Å². The predicted octanol–water partition coefficient (Wildman–Crippen LogP) is 0.581. The Hall–Kier alpha value is -1.86. The molecule has 3 atom stereocenters. The Morgan fingerprint density at radius 3 is 3.05 bits per heavy atom. The molecule has 1 fully saturated rings. The van der Waals surface area contributed by atoms with Crippen LogP contribution in [0.25, 0.3) is 0 Å². The fourth-order valence-electron chi connectivity index (χ4n) is 2.55. The third kappa shape index (κ3) is 1.90. The number of hydrogen-bond acceptors (Lipinski definition) is 5. The van der Waals surface area contributed by atoms with E-state index in [2.05, 4.69) is 4.98 Å². The fourth-order valence-corrected chi connectivity index (χ4v) is 3.86. The maximum Gasteiger partial charge on any atom is 0.352 e. The smallest absolute Gasteiger partial charge is 0.352 e. The number of carboxylic acids is 1. The van der Waals surface area contributed by atoms with Gasteiger partial charge in [0, 0.05) is 24.2 Å². The van der Waals surface area contributed by atoms with Crippen LogP contribution in [-0.4, -0.2) is 38.0 Å². The summed E-state index contributed by atoms with van der Waals surface area (Å²) in [5.74, 6) is -1.12. The molecule has 0 aliphatic carbocycles. The van der Waals surface area contributed by atoms with Crippen LogP contribution in [0.4, 0.5) is 0 Å². The molecular formula is C13H13N3O3S. The Bertz CT molecular complexity index is 590. The van der Waals surface area contributed by atoms with Crippen molar-refractivity contribution >= 4 is 23.6 Å². The summed E-state index contributed by atoms with van der Waals surface area (Å²) < 4.78 is 0. The Labute approximate surface area is 119 Å². The van der Waals surface area contributed by atoms with Crippen molar-refractivity contribution in [1.82, 2.24) is 9.88 Å². The highest BCUT2D eigenvalue weighted by Gasteiger charge is 2.54. The van der Waals surface area contributed by atoms with Gasteiger partial charge in [-0.15, -0.1) is 11.8 Å². The lowest BCUT2D eigenvalue weighted by atomic mass is 9.86. The number of rotatable bonds is 3. The summed E-state index contributed by atoms with van der Waals surface area (Å²) in [5, 5.41) is 8.91. The second-order valence-electron chi connectivity index (χ2n) is 4.66. The van der Waals surface area contributed by atoms with Crippen LogP contribution >= 0.6 is 11.8 Å². The zero-order chi connectivity index (χ0) is 14.3. The molecule has 0 spiro atoms. The number of carboxylic acid groups (broad SMARTS) is 1. The number of aromatic nitrogens is 1. The van der Waals surface area contributed by atoms with Gasteiger partial charge in [0.15, 0.2) is 0 Å². The monoisotopic (exact) mass is 291 g/mol. The van der Waals surface area contributed by atoms with Crippen molar-refractivity contribution < 1.29 is 14.7 Å². The van der Waals surface area contributed by atoms with E-state index in [-0.39, 0.29) is 17.0 Å². The first-order chi connectivity index (χ1) is 9.61. The Kier molecular flexibility index (Phi) is 3.23. The van der Waals surface area contributed by atoms with Crippen LogP contribution in [0.15, 0.2) is 36.3 Å². The third-order valence-electron chi connectivity index (χ3n) is 3.56. The van der Waals surface area contributed by atoms with Crippen LogP contribution in [0.1, 0.15) is 11.6 Å². The first-order valence-electron chi connectivity index (χ1n) is 6.15. The van der Waals surface area contributed by atoms with Gasteiger partial charge in [-0.05, 0) is 17.7 Å². The summed E-state index contributed by atoms with van der Waals surface area (Å²) >= 11 is 1.53. The highest BCUT2D eigenvalue weighted by Crippen LogP contribution is 2.45. The lowest BCUT2D eigenvalue weighted by Gasteiger charge is -2.50. The normalized spacial score (nSPS) is 26.4. The molecule has 0 radical (unpaired) electrons. The second kappa shape index (κ2) is 4.92.